The van der Waals surface area contributed by atoms with Crippen molar-refractivity contribution in [3.8, 4) is 0 Å². The van der Waals surface area contributed by atoms with Gasteiger partial charge < -0.3 is 4.55 Å². The van der Waals surface area contributed by atoms with Gasteiger partial charge >= 0.3 is 18.9 Å². The molecule has 0 saturated carbocycles. The molecule has 0 aliphatic rings. The predicted molar refractivity (Wildman–Crippen MR) is 26.1 cm³/mol. The van der Waals surface area contributed by atoms with Crippen LogP contribution in [0.2, 0.25) is 0 Å². The van der Waals surface area contributed by atoms with Gasteiger partial charge in [-0.05, 0) is 0 Å². The van der Waals surface area contributed by atoms with Crippen LogP contribution in [0.3, 0.4) is 0 Å². The van der Waals surface area contributed by atoms with Crippen LogP contribution < -0.4 is 18.9 Å². The van der Waals surface area contributed by atoms with E-state index in [1.807, 2.05) is 0 Å². The van der Waals surface area contributed by atoms with E-state index in [4.69, 9.17) is 4.55 Å². The Morgan fingerprint density at radius 2 is 1.50 bits per heavy atom. The first-order valence-corrected chi connectivity index (χ1v) is 3.16. The Morgan fingerprint density at radius 1 is 1.38 bits per heavy atom. The predicted octanol–water partition coefficient (Wildman–Crippen LogP) is -2.55. The molecule has 0 aliphatic carbocycles. The van der Waals surface area contributed by atoms with Crippen LogP contribution in [0.25, 0.3) is 0 Å². The van der Waals surface area contributed by atoms with Crippen LogP contribution in [0.4, 0.5) is 0 Å². The Morgan fingerprint density at radius 3 is 1.50 bits per heavy atom. The van der Waals surface area contributed by atoms with Crippen molar-refractivity contribution in [2.75, 3.05) is 0 Å². The molecule has 0 rings (SSSR count). The van der Waals surface area contributed by atoms with Crippen molar-refractivity contribution in [1.29, 1.82) is 0 Å². The minimum atomic E-state index is -3.82. The van der Waals surface area contributed by atoms with Crippen LogP contribution >= 0.6 is 0 Å². The monoisotopic (exact) mass is 130 g/mol. The van der Waals surface area contributed by atoms with Crippen molar-refractivity contribution in [2.45, 2.75) is 13.8 Å². The summed E-state index contributed by atoms with van der Waals surface area (Å²) in [6, 6.07) is 0. The maximum Gasteiger partial charge on any atom is 1.00 e. The van der Waals surface area contributed by atoms with Crippen molar-refractivity contribution in [3.63, 3.8) is 0 Å². The first kappa shape index (κ1) is 11.3. The van der Waals surface area contributed by atoms with Crippen molar-refractivity contribution < 1.29 is 31.8 Å². The second-order valence-corrected chi connectivity index (χ2v) is 3.15. The summed E-state index contributed by atoms with van der Waals surface area (Å²) in [5.41, 5.74) is 0. The molecule has 0 unspecified atom stereocenters. The maximum atomic E-state index is 9.85. The summed E-state index contributed by atoms with van der Waals surface area (Å²) in [6.07, 6.45) is 0. The normalized spacial score (nSPS) is 11.0. The Labute approximate surface area is 61.4 Å². The van der Waals surface area contributed by atoms with Crippen molar-refractivity contribution >= 4 is 10.1 Å². The molecule has 5 heteroatoms. The van der Waals surface area contributed by atoms with Crippen LogP contribution in [0, 0.1) is 5.25 Å². The molecule has 0 atom stereocenters. The molecule has 8 heavy (non-hydrogen) atoms. The molecule has 0 aromatic carbocycles. The van der Waals surface area contributed by atoms with Gasteiger partial charge in [0.2, 0.25) is 0 Å². The van der Waals surface area contributed by atoms with E-state index in [-0.39, 0.29) is 24.1 Å². The van der Waals surface area contributed by atoms with Gasteiger partial charge in [-0.1, -0.05) is 0 Å². The van der Waals surface area contributed by atoms with Gasteiger partial charge in [-0.2, -0.15) is 19.1 Å². The summed E-state index contributed by atoms with van der Waals surface area (Å²) in [4.78, 5) is 0. The van der Waals surface area contributed by atoms with E-state index in [2.05, 4.69) is 0 Å². The molecular formula is C3H7LiO3S. The molecule has 0 fully saturated rings. The molecule has 0 spiro atoms. The van der Waals surface area contributed by atoms with Gasteiger partial charge in [0.05, 0.1) is 0 Å². The smallest absolute Gasteiger partial charge is 0.309 e. The van der Waals surface area contributed by atoms with E-state index in [1.165, 1.54) is 13.8 Å². The first-order chi connectivity index (χ1) is 2.94. The van der Waals surface area contributed by atoms with Crippen LogP contribution in [-0.2, 0) is 10.1 Å². The fourth-order valence-electron chi connectivity index (χ4n) is 0. The van der Waals surface area contributed by atoms with Gasteiger partial charge in [-0.3, -0.25) is 0 Å². The summed E-state index contributed by atoms with van der Waals surface area (Å²) in [6.45, 7) is 2.66. The van der Waals surface area contributed by atoms with E-state index in [1.54, 1.807) is 0 Å². The SMILES string of the molecule is C[C-](C)S(=O)(=O)O.[Li+]. The van der Waals surface area contributed by atoms with Gasteiger partial charge in [0.1, 0.15) is 10.1 Å². The molecular weight excluding hydrogens is 123 g/mol. The first-order valence-electron chi connectivity index (χ1n) is 1.72. The molecule has 0 heterocycles. The molecule has 0 aromatic heterocycles. The fourth-order valence-corrected chi connectivity index (χ4v) is 0. The molecule has 0 aromatic rings. The summed E-state index contributed by atoms with van der Waals surface area (Å²) in [5.74, 6) is 0. The van der Waals surface area contributed by atoms with Gasteiger partial charge in [0.25, 0.3) is 0 Å². The van der Waals surface area contributed by atoms with Crippen molar-refractivity contribution in [3.05, 3.63) is 5.25 Å². The Bertz CT molecular complexity index is 137. The minimum Gasteiger partial charge on any atom is -0.309 e. The molecule has 0 saturated heterocycles. The Balaban J connectivity index is 0. The average Bonchev–Trinajstić information content (AvgIpc) is 1.31. The van der Waals surface area contributed by atoms with E-state index in [0.29, 0.717) is 0 Å². The molecule has 3 nitrogen and oxygen atoms in total. The Kier molecular flexibility index (Phi) is 4.98. The molecule has 0 amide bonds. The molecule has 0 aliphatic heterocycles. The third kappa shape index (κ3) is 4.66. The van der Waals surface area contributed by atoms with Crippen LogP contribution in [0.15, 0.2) is 0 Å². The van der Waals surface area contributed by atoms with Crippen LogP contribution in [-0.4, -0.2) is 13.0 Å². The summed E-state index contributed by atoms with van der Waals surface area (Å²) in [5, 5.41) is 0.0208. The zero-order valence-electron chi connectivity index (χ0n) is 5.17. The van der Waals surface area contributed by atoms with E-state index in [9.17, 15) is 8.42 Å². The second kappa shape index (κ2) is 3.52. The van der Waals surface area contributed by atoms with Crippen LogP contribution in [0.1, 0.15) is 13.8 Å². The number of hydrogen-bond donors (Lipinski definition) is 1. The van der Waals surface area contributed by atoms with E-state index < -0.39 is 10.1 Å². The summed E-state index contributed by atoms with van der Waals surface area (Å²) in [7, 11) is -3.82. The summed E-state index contributed by atoms with van der Waals surface area (Å²) >= 11 is 0. The van der Waals surface area contributed by atoms with Crippen molar-refractivity contribution in [1.82, 2.24) is 0 Å². The van der Waals surface area contributed by atoms with Gasteiger partial charge in [0, 0.05) is 0 Å². The molecule has 44 valence electrons. The average molecular weight is 130 g/mol. The second-order valence-electron chi connectivity index (χ2n) is 1.38. The fraction of sp³-hybridized carbons (Fsp3) is 0.667. The largest absolute Gasteiger partial charge is 1.00 e. The Hall–Kier alpha value is 0.507. The molecule has 1 N–H and O–H groups in total. The van der Waals surface area contributed by atoms with Crippen LogP contribution in [0.5, 0.6) is 0 Å². The number of rotatable bonds is 1. The van der Waals surface area contributed by atoms with Gasteiger partial charge in [-0.25, -0.2) is 8.42 Å². The third-order valence-electron chi connectivity index (χ3n) is 0.516. The summed E-state index contributed by atoms with van der Waals surface area (Å²) < 4.78 is 27.7. The van der Waals surface area contributed by atoms with Crippen molar-refractivity contribution in [2.24, 2.45) is 0 Å². The quantitative estimate of drug-likeness (QED) is 0.241. The van der Waals surface area contributed by atoms with E-state index in [0.717, 1.165) is 0 Å². The number of hydrogen-bond acceptors (Lipinski definition) is 2. The molecule has 0 radical (unpaired) electrons. The molecule has 0 bridgehead atoms. The minimum absolute atomic E-state index is 0. The van der Waals surface area contributed by atoms with Gasteiger partial charge in [-0.15, -0.1) is 0 Å². The topological polar surface area (TPSA) is 54.4 Å². The zero-order valence-corrected chi connectivity index (χ0v) is 5.99. The zero-order chi connectivity index (χ0) is 6.08. The third-order valence-corrected chi connectivity index (χ3v) is 1.55. The van der Waals surface area contributed by atoms with E-state index >= 15 is 0 Å². The maximum absolute atomic E-state index is 9.85. The standard InChI is InChI=1S/C3H7O3S.Li/c1-3(2)7(4,5)6;/h1-2H3,(H,4,5,6);/q-1;+1. The van der Waals surface area contributed by atoms with Gasteiger partial charge in [0.15, 0.2) is 0 Å².